The zero-order chi connectivity index (χ0) is 43.4. The summed E-state index contributed by atoms with van der Waals surface area (Å²) in [6, 6.07) is 17.3. The molecule has 7 rings (SSSR count). The van der Waals surface area contributed by atoms with E-state index in [2.05, 4.69) is 31.1 Å². The van der Waals surface area contributed by atoms with Crippen molar-refractivity contribution in [3.63, 3.8) is 0 Å². The normalized spacial score (nSPS) is 11.3. The lowest BCUT2D eigenvalue weighted by Crippen LogP contribution is -2.34. The van der Waals surface area contributed by atoms with Crippen molar-refractivity contribution in [3.05, 3.63) is 101 Å². The Bertz CT molecular complexity index is 2610. The maximum atomic E-state index is 12.5. The zero-order valence-electron chi connectivity index (χ0n) is 31.7. The molecule has 0 aliphatic rings. The second-order valence-electron chi connectivity index (χ2n) is 12.5. The van der Waals surface area contributed by atoms with Gasteiger partial charge in [-0.25, -0.2) is 9.97 Å². The minimum Gasteiger partial charge on any atom is -0.496 e. The number of carbonyl (C=O) groups is 2. The Morgan fingerprint density at radius 3 is 1.48 bits per heavy atom. The molecule has 4 aromatic carbocycles. The van der Waals surface area contributed by atoms with Crippen LogP contribution in [0.2, 0.25) is 0 Å². The van der Waals surface area contributed by atoms with Gasteiger partial charge in [-0.1, -0.05) is 34.6 Å². The maximum Gasteiger partial charge on any atom is 0.405 e. The van der Waals surface area contributed by atoms with Crippen LogP contribution >= 0.6 is 15.9 Å². The number of amides is 2. The van der Waals surface area contributed by atoms with Gasteiger partial charge in [-0.15, -0.1) is 0 Å². The summed E-state index contributed by atoms with van der Waals surface area (Å²) < 4.78 is 105. The van der Waals surface area contributed by atoms with Crippen molar-refractivity contribution in [3.8, 4) is 45.5 Å². The molecule has 0 atom stereocenters. The van der Waals surface area contributed by atoms with Gasteiger partial charge in [0.05, 0.1) is 68.1 Å². The monoisotopic (exact) mass is 919 g/mol. The molecule has 0 spiro atoms. The number of benzene rings is 4. The number of imidazole rings is 2. The Morgan fingerprint density at radius 1 is 0.656 bits per heavy atom. The fourth-order valence-corrected chi connectivity index (χ4v) is 6.35. The highest BCUT2D eigenvalue weighted by Crippen LogP contribution is 2.36. The highest BCUT2D eigenvalue weighted by molar-refractivity contribution is 9.10. The van der Waals surface area contributed by atoms with Crippen LogP contribution in [-0.2, 0) is 0 Å². The minimum absolute atomic E-state index is 0. The van der Waals surface area contributed by atoms with Crippen LogP contribution < -0.4 is 29.6 Å². The number of hydrogen-bond acceptors (Lipinski definition) is 10. The molecule has 0 aliphatic carbocycles. The first-order chi connectivity index (χ1) is 28.5. The fraction of sp³-hybridized carbons (Fsp3) is 0.225. The van der Waals surface area contributed by atoms with E-state index in [-0.39, 0.29) is 41.6 Å². The number of alkyl halides is 6. The molecule has 0 unspecified atom stereocenters. The molecule has 61 heavy (non-hydrogen) atoms. The molecule has 0 fully saturated rings. The summed E-state index contributed by atoms with van der Waals surface area (Å²) in [7, 11) is 5.27. The predicted molar refractivity (Wildman–Crippen MR) is 215 cm³/mol. The summed E-state index contributed by atoms with van der Waals surface area (Å²) >= 11 is 3.38. The standard InChI is InChI=1S/C21H17F3N4O4.C18H15BrF3N3O3.CH4/c1-30-17-6-14(7-18(31-2)19(17)20(29)25-10-21(22,23)24)28-11-26-15-5-12(3-4-16(15)28)13-8-27-32-9-13;1-27-14-6-11(25-9-24-12-5-10(19)3-4-13(12)25)7-15(28-2)16(14)17(26)23-8-18(20,21)22;/h3-9,11H,10H2,1-2H3,(H,25,29);3-7,9H,8H2,1-2H3,(H,23,26);1H4. The number of ether oxygens (including phenoxy) is 4. The third-order valence-electron chi connectivity index (χ3n) is 8.71. The van der Waals surface area contributed by atoms with Crippen LogP contribution in [0.1, 0.15) is 28.1 Å². The highest BCUT2D eigenvalue weighted by Gasteiger charge is 2.31. The molecule has 3 aromatic heterocycles. The van der Waals surface area contributed by atoms with Crippen molar-refractivity contribution in [2.75, 3.05) is 41.5 Å². The molecular weight excluding hydrogens is 884 g/mol. The topological polar surface area (TPSA) is 157 Å². The van der Waals surface area contributed by atoms with Crippen molar-refractivity contribution in [1.82, 2.24) is 34.9 Å². The number of aromatic nitrogens is 5. The number of halogens is 7. The molecule has 0 saturated heterocycles. The Hall–Kier alpha value is -6.77. The smallest absolute Gasteiger partial charge is 0.405 e. The van der Waals surface area contributed by atoms with E-state index in [1.807, 2.05) is 47.0 Å². The number of methoxy groups -OCH3 is 4. The molecule has 21 heteroatoms. The third-order valence-corrected chi connectivity index (χ3v) is 9.21. The predicted octanol–water partition coefficient (Wildman–Crippen LogP) is 8.72. The van der Waals surface area contributed by atoms with Crippen molar-refractivity contribution in [1.29, 1.82) is 0 Å². The Labute approximate surface area is 351 Å². The fourth-order valence-electron chi connectivity index (χ4n) is 6.00. The third kappa shape index (κ3) is 10.3. The number of fused-ring (bicyclic) bond motifs is 2. The van der Waals surface area contributed by atoms with Gasteiger partial charge in [0, 0.05) is 34.3 Å². The lowest BCUT2D eigenvalue weighted by atomic mass is 10.1. The average Bonchev–Trinajstić information content (AvgIpc) is 4.01. The van der Waals surface area contributed by atoms with Crippen LogP contribution in [-0.4, -0.2) is 90.0 Å². The molecular formula is C40H36BrF6N7O7. The first-order valence-corrected chi connectivity index (χ1v) is 18.1. The van der Waals surface area contributed by atoms with E-state index in [0.717, 1.165) is 32.1 Å². The van der Waals surface area contributed by atoms with Gasteiger partial charge < -0.3 is 34.1 Å². The van der Waals surface area contributed by atoms with Crippen molar-refractivity contribution < 1.29 is 59.4 Å². The van der Waals surface area contributed by atoms with Gasteiger partial charge in [-0.3, -0.25) is 18.7 Å². The van der Waals surface area contributed by atoms with Gasteiger partial charge in [-0.2, -0.15) is 26.3 Å². The van der Waals surface area contributed by atoms with Gasteiger partial charge in [0.1, 0.15) is 66.1 Å². The Kier molecular flexibility index (Phi) is 13.9. The van der Waals surface area contributed by atoms with Gasteiger partial charge in [0.2, 0.25) is 0 Å². The number of rotatable bonds is 11. The zero-order valence-corrected chi connectivity index (χ0v) is 33.3. The number of carbonyl (C=O) groups excluding carboxylic acids is 2. The quantitative estimate of drug-likeness (QED) is 0.120. The molecule has 2 N–H and O–H groups in total. The second kappa shape index (κ2) is 18.7. The molecule has 322 valence electrons. The number of hydrogen-bond donors (Lipinski definition) is 2. The summed E-state index contributed by atoms with van der Waals surface area (Å²) in [4.78, 5) is 33.5. The first kappa shape index (κ1) is 45.3. The molecule has 0 radical (unpaired) electrons. The van der Waals surface area contributed by atoms with Gasteiger partial charge in [-0.05, 0) is 35.9 Å². The summed E-state index contributed by atoms with van der Waals surface area (Å²) in [5.41, 5.74) is 5.51. The Morgan fingerprint density at radius 2 is 1.08 bits per heavy atom. The molecule has 0 bridgehead atoms. The average molecular weight is 921 g/mol. The molecule has 0 saturated carbocycles. The van der Waals surface area contributed by atoms with E-state index >= 15 is 0 Å². The van der Waals surface area contributed by atoms with Crippen LogP contribution in [0, 0.1) is 0 Å². The van der Waals surface area contributed by atoms with E-state index in [9.17, 15) is 35.9 Å². The van der Waals surface area contributed by atoms with E-state index < -0.39 is 37.3 Å². The molecule has 2 amide bonds. The van der Waals surface area contributed by atoms with Crippen molar-refractivity contribution >= 4 is 49.8 Å². The van der Waals surface area contributed by atoms with Crippen LogP contribution in [0.3, 0.4) is 0 Å². The molecule has 7 aromatic rings. The largest absolute Gasteiger partial charge is 0.496 e. The van der Waals surface area contributed by atoms with Crippen molar-refractivity contribution in [2.45, 2.75) is 19.8 Å². The van der Waals surface area contributed by atoms with E-state index in [1.165, 1.54) is 59.0 Å². The van der Waals surface area contributed by atoms with E-state index in [4.69, 9.17) is 23.5 Å². The van der Waals surface area contributed by atoms with Crippen LogP contribution in [0.25, 0.3) is 44.6 Å². The van der Waals surface area contributed by atoms with Crippen LogP contribution in [0.4, 0.5) is 26.3 Å². The van der Waals surface area contributed by atoms with Crippen molar-refractivity contribution in [2.24, 2.45) is 0 Å². The van der Waals surface area contributed by atoms with Gasteiger partial charge in [0.15, 0.2) is 0 Å². The summed E-state index contributed by atoms with van der Waals surface area (Å²) in [6.45, 7) is -2.93. The Balaban J connectivity index is 0.000000229. The highest BCUT2D eigenvalue weighted by atomic mass is 79.9. The maximum absolute atomic E-state index is 12.5. The first-order valence-electron chi connectivity index (χ1n) is 17.3. The van der Waals surface area contributed by atoms with Crippen LogP contribution in [0.15, 0.2) is 94.8 Å². The summed E-state index contributed by atoms with van der Waals surface area (Å²) in [5, 5.41) is 7.36. The second-order valence-corrected chi connectivity index (χ2v) is 13.4. The minimum atomic E-state index is -4.54. The lowest BCUT2D eigenvalue weighted by Gasteiger charge is -2.16. The van der Waals surface area contributed by atoms with Gasteiger partial charge >= 0.3 is 12.4 Å². The number of nitrogens with zero attached hydrogens (tertiary/aromatic N) is 5. The molecule has 0 aliphatic heterocycles. The molecule has 14 nitrogen and oxygen atoms in total. The van der Waals surface area contributed by atoms with E-state index in [0.29, 0.717) is 16.9 Å². The lowest BCUT2D eigenvalue weighted by molar-refractivity contribution is -0.123. The number of nitrogens with one attached hydrogen (secondary N) is 2. The van der Waals surface area contributed by atoms with Gasteiger partial charge in [0.25, 0.3) is 11.8 Å². The summed E-state index contributed by atoms with van der Waals surface area (Å²) in [5.74, 6) is -1.64. The van der Waals surface area contributed by atoms with E-state index in [1.54, 1.807) is 28.0 Å². The molecule has 3 heterocycles. The SMILES string of the molecule is C.COc1cc(-n2cnc3cc(-c4cnoc4)ccc32)cc(OC)c1C(=O)NCC(F)(F)F.COc1cc(-n2cnc3cc(Br)ccc32)cc(OC)c1C(=O)NCC(F)(F)F. The van der Waals surface area contributed by atoms with Crippen LogP contribution in [0.5, 0.6) is 23.0 Å². The summed E-state index contributed by atoms with van der Waals surface area (Å²) in [6.07, 6.45) is -2.78.